The minimum atomic E-state index is -1.16. The first kappa shape index (κ1) is 13.7. The van der Waals surface area contributed by atoms with Crippen molar-refractivity contribution in [1.29, 1.82) is 0 Å². The van der Waals surface area contributed by atoms with Crippen molar-refractivity contribution in [2.75, 3.05) is 0 Å². The maximum atomic E-state index is 10.8. The minimum absolute atomic E-state index is 0.309. The standard InChI is InChI=1S/C11H12BrNO4/c12-8-3-1-2-7(4-8)6-13-9(11(16)17)5-10(14)15/h1-4,9,13H,5-6H2,(H,14,15)(H,16,17). The van der Waals surface area contributed by atoms with Gasteiger partial charge in [-0.2, -0.15) is 0 Å². The van der Waals surface area contributed by atoms with Gasteiger partial charge < -0.3 is 10.2 Å². The summed E-state index contributed by atoms with van der Waals surface area (Å²) in [5.74, 6) is -2.30. The minimum Gasteiger partial charge on any atom is -0.481 e. The van der Waals surface area contributed by atoms with Crippen LogP contribution in [0.2, 0.25) is 0 Å². The second-order valence-corrected chi connectivity index (χ2v) is 4.42. The van der Waals surface area contributed by atoms with Crippen molar-refractivity contribution in [2.24, 2.45) is 0 Å². The number of benzene rings is 1. The molecule has 0 radical (unpaired) electrons. The molecule has 0 amide bonds. The summed E-state index contributed by atoms with van der Waals surface area (Å²) in [6.45, 7) is 0.309. The Labute approximate surface area is 107 Å². The molecule has 0 heterocycles. The normalized spacial score (nSPS) is 12.1. The Hall–Kier alpha value is -1.40. The third-order valence-corrected chi connectivity index (χ3v) is 2.61. The van der Waals surface area contributed by atoms with Gasteiger partial charge in [0.1, 0.15) is 6.04 Å². The van der Waals surface area contributed by atoms with Gasteiger partial charge in [-0.15, -0.1) is 0 Å². The number of carboxylic acids is 2. The van der Waals surface area contributed by atoms with Crippen LogP contribution in [0.5, 0.6) is 0 Å². The van der Waals surface area contributed by atoms with E-state index in [0.29, 0.717) is 6.54 Å². The van der Waals surface area contributed by atoms with Gasteiger partial charge in [-0.3, -0.25) is 14.9 Å². The van der Waals surface area contributed by atoms with Crippen LogP contribution in [0.15, 0.2) is 28.7 Å². The highest BCUT2D eigenvalue weighted by atomic mass is 79.9. The molecule has 0 saturated carbocycles. The lowest BCUT2D eigenvalue weighted by Crippen LogP contribution is -2.38. The van der Waals surface area contributed by atoms with Crippen molar-refractivity contribution in [3.8, 4) is 0 Å². The van der Waals surface area contributed by atoms with Crippen LogP contribution in [0.25, 0.3) is 0 Å². The van der Waals surface area contributed by atoms with E-state index in [1.807, 2.05) is 24.3 Å². The quantitative estimate of drug-likeness (QED) is 0.741. The fraction of sp³-hybridized carbons (Fsp3) is 0.273. The van der Waals surface area contributed by atoms with Gasteiger partial charge in [0.25, 0.3) is 0 Å². The Balaban J connectivity index is 2.57. The molecule has 1 rings (SSSR count). The molecule has 0 bridgehead atoms. The van der Waals surface area contributed by atoms with Crippen molar-refractivity contribution in [3.63, 3.8) is 0 Å². The van der Waals surface area contributed by atoms with E-state index in [0.717, 1.165) is 10.0 Å². The maximum absolute atomic E-state index is 10.8. The summed E-state index contributed by atoms with van der Waals surface area (Å²) in [4.78, 5) is 21.3. The topological polar surface area (TPSA) is 86.6 Å². The van der Waals surface area contributed by atoms with Crippen LogP contribution in [-0.2, 0) is 16.1 Å². The summed E-state index contributed by atoms with van der Waals surface area (Å²) in [6, 6.07) is 6.28. The zero-order valence-electron chi connectivity index (χ0n) is 8.89. The molecule has 0 aliphatic heterocycles. The highest BCUT2D eigenvalue weighted by molar-refractivity contribution is 9.10. The molecule has 5 nitrogen and oxygen atoms in total. The number of carbonyl (C=O) groups is 2. The van der Waals surface area contributed by atoms with Crippen LogP contribution in [0, 0.1) is 0 Å². The molecular weight excluding hydrogens is 290 g/mol. The predicted octanol–water partition coefficient (Wildman–Crippen LogP) is 1.47. The van der Waals surface area contributed by atoms with Crippen LogP contribution >= 0.6 is 15.9 Å². The van der Waals surface area contributed by atoms with Crippen molar-refractivity contribution in [2.45, 2.75) is 19.0 Å². The Kier molecular flexibility index (Phi) is 5.11. The van der Waals surface area contributed by atoms with E-state index < -0.39 is 24.4 Å². The summed E-state index contributed by atoms with van der Waals surface area (Å²) in [6.07, 6.45) is -0.441. The first-order valence-electron chi connectivity index (χ1n) is 4.91. The third-order valence-electron chi connectivity index (χ3n) is 2.12. The Morgan fingerprint density at radius 2 is 2.06 bits per heavy atom. The molecule has 1 atom stereocenters. The number of aliphatic carboxylic acids is 2. The SMILES string of the molecule is O=C(O)CC(NCc1cccc(Br)c1)C(=O)O. The van der Waals surface area contributed by atoms with Crippen LogP contribution in [0.4, 0.5) is 0 Å². The second kappa shape index (κ2) is 6.36. The monoisotopic (exact) mass is 301 g/mol. The van der Waals surface area contributed by atoms with Crippen molar-refractivity contribution in [3.05, 3.63) is 34.3 Å². The summed E-state index contributed by atoms with van der Waals surface area (Å²) in [7, 11) is 0. The molecule has 0 saturated heterocycles. The van der Waals surface area contributed by atoms with E-state index in [4.69, 9.17) is 10.2 Å². The first-order valence-corrected chi connectivity index (χ1v) is 5.71. The van der Waals surface area contributed by atoms with E-state index in [2.05, 4.69) is 21.2 Å². The lowest BCUT2D eigenvalue weighted by atomic mass is 10.1. The van der Waals surface area contributed by atoms with Gasteiger partial charge in [0.05, 0.1) is 6.42 Å². The van der Waals surface area contributed by atoms with Crippen LogP contribution in [-0.4, -0.2) is 28.2 Å². The van der Waals surface area contributed by atoms with Gasteiger partial charge in [0, 0.05) is 11.0 Å². The van der Waals surface area contributed by atoms with E-state index in [1.165, 1.54) is 0 Å². The molecule has 1 aromatic rings. The molecule has 0 aromatic heterocycles. The van der Waals surface area contributed by atoms with Gasteiger partial charge in [-0.1, -0.05) is 28.1 Å². The summed E-state index contributed by atoms with van der Waals surface area (Å²) >= 11 is 3.30. The smallest absolute Gasteiger partial charge is 0.321 e. The molecular formula is C11H12BrNO4. The summed E-state index contributed by atoms with van der Waals surface area (Å²) in [5.41, 5.74) is 0.885. The number of halogens is 1. The van der Waals surface area contributed by atoms with E-state index in [-0.39, 0.29) is 0 Å². The molecule has 0 spiro atoms. The van der Waals surface area contributed by atoms with Gasteiger partial charge >= 0.3 is 11.9 Å². The molecule has 0 aliphatic carbocycles. The molecule has 3 N–H and O–H groups in total. The molecule has 1 unspecified atom stereocenters. The largest absolute Gasteiger partial charge is 0.481 e. The zero-order valence-corrected chi connectivity index (χ0v) is 10.5. The Morgan fingerprint density at radius 3 is 2.59 bits per heavy atom. The number of carboxylic acid groups (broad SMARTS) is 2. The average molecular weight is 302 g/mol. The molecule has 17 heavy (non-hydrogen) atoms. The number of hydrogen-bond donors (Lipinski definition) is 3. The molecule has 0 fully saturated rings. The third kappa shape index (κ3) is 4.97. The average Bonchev–Trinajstić information content (AvgIpc) is 2.23. The van der Waals surface area contributed by atoms with Gasteiger partial charge in [0.2, 0.25) is 0 Å². The summed E-state index contributed by atoms with van der Waals surface area (Å²) in [5, 5.41) is 20.1. The van der Waals surface area contributed by atoms with E-state index in [9.17, 15) is 9.59 Å². The number of rotatable bonds is 6. The lowest BCUT2D eigenvalue weighted by molar-refractivity contribution is -0.146. The fourth-order valence-electron chi connectivity index (χ4n) is 1.31. The van der Waals surface area contributed by atoms with Gasteiger partial charge in [0.15, 0.2) is 0 Å². The lowest BCUT2D eigenvalue weighted by Gasteiger charge is -2.12. The molecule has 6 heteroatoms. The highest BCUT2D eigenvalue weighted by Crippen LogP contribution is 2.11. The molecule has 0 aliphatic rings. The molecule has 1 aromatic carbocycles. The Morgan fingerprint density at radius 1 is 1.35 bits per heavy atom. The second-order valence-electron chi connectivity index (χ2n) is 3.50. The van der Waals surface area contributed by atoms with E-state index in [1.54, 1.807) is 0 Å². The number of hydrogen-bond acceptors (Lipinski definition) is 3. The van der Waals surface area contributed by atoms with E-state index >= 15 is 0 Å². The Bertz CT molecular complexity index is 422. The first-order chi connectivity index (χ1) is 7.99. The van der Waals surface area contributed by atoms with Crippen molar-refractivity contribution >= 4 is 27.9 Å². The van der Waals surface area contributed by atoms with Crippen LogP contribution in [0.1, 0.15) is 12.0 Å². The van der Waals surface area contributed by atoms with Gasteiger partial charge in [-0.05, 0) is 17.7 Å². The summed E-state index contributed by atoms with van der Waals surface area (Å²) < 4.78 is 0.891. The zero-order chi connectivity index (χ0) is 12.8. The van der Waals surface area contributed by atoms with Gasteiger partial charge in [-0.25, -0.2) is 0 Å². The van der Waals surface area contributed by atoms with Crippen LogP contribution < -0.4 is 5.32 Å². The fourth-order valence-corrected chi connectivity index (χ4v) is 1.76. The maximum Gasteiger partial charge on any atom is 0.321 e. The van der Waals surface area contributed by atoms with Crippen LogP contribution in [0.3, 0.4) is 0 Å². The molecule has 92 valence electrons. The number of nitrogens with one attached hydrogen (secondary N) is 1. The van der Waals surface area contributed by atoms with Crippen molar-refractivity contribution < 1.29 is 19.8 Å². The van der Waals surface area contributed by atoms with Crippen molar-refractivity contribution in [1.82, 2.24) is 5.32 Å². The predicted molar refractivity (Wildman–Crippen MR) is 64.7 cm³/mol. The highest BCUT2D eigenvalue weighted by Gasteiger charge is 2.19.